The summed E-state index contributed by atoms with van der Waals surface area (Å²) >= 11 is 1.57. The molecule has 0 aliphatic heterocycles. The van der Waals surface area contributed by atoms with Crippen molar-refractivity contribution in [2.24, 2.45) is 7.05 Å². The van der Waals surface area contributed by atoms with Gasteiger partial charge in [0.2, 0.25) is 0 Å². The minimum Gasteiger partial charge on any atom is -0.354 e. The van der Waals surface area contributed by atoms with Crippen molar-refractivity contribution in [1.29, 1.82) is 0 Å². The van der Waals surface area contributed by atoms with E-state index in [1.165, 1.54) is 5.69 Å². The second kappa shape index (κ2) is 7.45. The Morgan fingerprint density at radius 3 is 2.77 bits per heavy atom. The van der Waals surface area contributed by atoms with Crippen molar-refractivity contribution in [2.75, 3.05) is 0 Å². The van der Waals surface area contributed by atoms with Gasteiger partial charge in [-0.3, -0.25) is 0 Å². The summed E-state index contributed by atoms with van der Waals surface area (Å²) in [4.78, 5) is 16.4. The molecule has 0 aromatic carbocycles. The fourth-order valence-corrected chi connectivity index (χ4v) is 3.09. The number of aryl methyl sites for hydroxylation is 3. The van der Waals surface area contributed by atoms with Gasteiger partial charge in [-0.15, -0.1) is 11.3 Å². The van der Waals surface area contributed by atoms with Gasteiger partial charge in [0.25, 0.3) is 0 Å². The molecular formula is C16H24N4OS. The van der Waals surface area contributed by atoms with Crippen molar-refractivity contribution in [1.82, 2.24) is 20.2 Å². The Morgan fingerprint density at radius 1 is 1.41 bits per heavy atom. The van der Waals surface area contributed by atoms with Crippen molar-refractivity contribution < 1.29 is 4.79 Å². The number of aromatic nitrogens is 2. The van der Waals surface area contributed by atoms with Crippen LogP contribution in [0.25, 0.3) is 0 Å². The first-order valence-corrected chi connectivity index (χ1v) is 8.43. The van der Waals surface area contributed by atoms with E-state index in [1.807, 2.05) is 45.5 Å². The van der Waals surface area contributed by atoms with E-state index in [0.29, 0.717) is 0 Å². The predicted octanol–water partition coefficient (Wildman–Crippen LogP) is 3.17. The number of nitrogens with one attached hydrogen (secondary N) is 2. The molecular weight excluding hydrogens is 296 g/mol. The van der Waals surface area contributed by atoms with Crippen LogP contribution in [0.1, 0.15) is 42.7 Å². The lowest BCUT2D eigenvalue weighted by atomic mass is 10.1. The van der Waals surface area contributed by atoms with Crippen molar-refractivity contribution in [3.63, 3.8) is 0 Å². The molecule has 2 heterocycles. The minimum absolute atomic E-state index is 0.0706. The molecule has 2 rings (SSSR count). The largest absolute Gasteiger partial charge is 0.354 e. The van der Waals surface area contributed by atoms with Crippen LogP contribution >= 0.6 is 11.3 Å². The van der Waals surface area contributed by atoms with Crippen LogP contribution < -0.4 is 10.6 Å². The first kappa shape index (κ1) is 16.5. The minimum atomic E-state index is -0.139. The number of carbonyl (C=O) groups excluding carboxylic acids is 1. The molecule has 0 unspecified atom stereocenters. The maximum atomic E-state index is 12.0. The van der Waals surface area contributed by atoms with Gasteiger partial charge in [0.05, 0.1) is 6.04 Å². The topological polar surface area (TPSA) is 59.0 Å². The number of carbonyl (C=O) groups is 1. The third-order valence-corrected chi connectivity index (χ3v) is 4.76. The zero-order chi connectivity index (χ0) is 16.1. The maximum absolute atomic E-state index is 12.0. The second-order valence-electron chi connectivity index (χ2n) is 5.72. The van der Waals surface area contributed by atoms with Gasteiger partial charge >= 0.3 is 6.03 Å². The second-order valence-corrected chi connectivity index (χ2v) is 6.61. The van der Waals surface area contributed by atoms with Gasteiger partial charge in [-0.2, -0.15) is 0 Å². The summed E-state index contributed by atoms with van der Waals surface area (Å²) in [5, 5.41) is 8.85. The van der Waals surface area contributed by atoms with Crippen LogP contribution in [-0.2, 0) is 13.5 Å². The Labute approximate surface area is 135 Å². The molecule has 0 aliphatic rings. The Hall–Kier alpha value is -1.82. The van der Waals surface area contributed by atoms with Crippen molar-refractivity contribution in [3.05, 3.63) is 40.1 Å². The van der Waals surface area contributed by atoms with Crippen LogP contribution in [-0.4, -0.2) is 21.6 Å². The van der Waals surface area contributed by atoms with E-state index in [1.54, 1.807) is 11.3 Å². The number of amides is 2. The van der Waals surface area contributed by atoms with E-state index in [2.05, 4.69) is 26.3 Å². The summed E-state index contributed by atoms with van der Waals surface area (Å²) in [7, 11) is 2.04. The van der Waals surface area contributed by atoms with Crippen LogP contribution in [0.5, 0.6) is 0 Å². The van der Waals surface area contributed by atoms with Gasteiger partial charge in [0, 0.05) is 36.1 Å². The Balaban J connectivity index is 1.75. The zero-order valence-corrected chi connectivity index (χ0v) is 14.4. The molecule has 2 atom stereocenters. The third-order valence-electron chi connectivity index (χ3n) is 3.62. The van der Waals surface area contributed by atoms with Gasteiger partial charge in [-0.1, -0.05) is 0 Å². The highest BCUT2D eigenvalue weighted by atomic mass is 32.1. The fourth-order valence-electron chi connectivity index (χ4n) is 2.29. The van der Waals surface area contributed by atoms with Crippen LogP contribution in [0.2, 0.25) is 0 Å². The summed E-state index contributed by atoms with van der Waals surface area (Å²) in [5.74, 6) is 0. The van der Waals surface area contributed by atoms with Gasteiger partial charge in [-0.05, 0) is 45.7 Å². The lowest BCUT2D eigenvalue weighted by molar-refractivity contribution is 0.234. The summed E-state index contributed by atoms with van der Waals surface area (Å²) in [5.41, 5.74) is 2.27. The molecule has 5 nitrogen and oxygen atoms in total. The normalized spacial score (nSPS) is 13.6. The molecule has 0 saturated carbocycles. The molecule has 6 heteroatoms. The highest BCUT2D eigenvalue weighted by molar-refractivity contribution is 7.09. The molecule has 0 saturated heterocycles. The average molecular weight is 320 g/mol. The van der Waals surface area contributed by atoms with E-state index in [4.69, 9.17) is 0 Å². The Bertz CT molecular complexity index is 619. The van der Waals surface area contributed by atoms with Crippen molar-refractivity contribution in [2.45, 2.75) is 45.7 Å². The lowest BCUT2D eigenvalue weighted by Crippen LogP contribution is -2.42. The summed E-state index contributed by atoms with van der Waals surface area (Å²) in [6.07, 6.45) is 3.90. The molecule has 0 aliphatic carbocycles. The molecule has 0 fully saturated rings. The monoisotopic (exact) mass is 320 g/mol. The van der Waals surface area contributed by atoms with Crippen LogP contribution in [0.3, 0.4) is 0 Å². The average Bonchev–Trinajstić information content (AvgIpc) is 3.05. The van der Waals surface area contributed by atoms with Crippen LogP contribution in [0.4, 0.5) is 4.79 Å². The number of thiazole rings is 1. The highest BCUT2D eigenvalue weighted by Crippen LogP contribution is 2.17. The molecule has 120 valence electrons. The number of urea groups is 1. The van der Waals surface area contributed by atoms with Gasteiger partial charge in [0.1, 0.15) is 5.01 Å². The van der Waals surface area contributed by atoms with Crippen molar-refractivity contribution >= 4 is 17.4 Å². The number of hydrogen-bond donors (Lipinski definition) is 2. The third kappa shape index (κ3) is 4.59. The highest BCUT2D eigenvalue weighted by Gasteiger charge is 2.14. The molecule has 2 aromatic heterocycles. The fraction of sp³-hybridized carbons (Fsp3) is 0.500. The molecule has 0 spiro atoms. The van der Waals surface area contributed by atoms with Crippen LogP contribution in [0, 0.1) is 6.92 Å². The summed E-state index contributed by atoms with van der Waals surface area (Å²) < 4.78 is 2.11. The number of nitrogens with zero attached hydrogens (tertiary/aromatic N) is 2. The van der Waals surface area contributed by atoms with E-state index < -0.39 is 0 Å². The SMILES string of the molecule is Cc1csc([C@H](C)NC(=O)N[C@@H](C)CCc2cccn2C)n1. The predicted molar refractivity (Wildman–Crippen MR) is 90.1 cm³/mol. The maximum Gasteiger partial charge on any atom is 0.315 e. The molecule has 2 N–H and O–H groups in total. The van der Waals surface area contributed by atoms with E-state index in [-0.39, 0.29) is 18.1 Å². The van der Waals surface area contributed by atoms with Crippen molar-refractivity contribution in [3.8, 4) is 0 Å². The summed E-state index contributed by atoms with van der Waals surface area (Å²) in [6.45, 7) is 5.94. The molecule has 0 bridgehead atoms. The molecule has 0 radical (unpaired) electrons. The zero-order valence-electron chi connectivity index (χ0n) is 13.6. The molecule has 22 heavy (non-hydrogen) atoms. The lowest BCUT2D eigenvalue weighted by Gasteiger charge is -2.17. The van der Waals surface area contributed by atoms with Gasteiger partial charge < -0.3 is 15.2 Å². The van der Waals surface area contributed by atoms with E-state index in [0.717, 1.165) is 23.5 Å². The summed E-state index contributed by atoms with van der Waals surface area (Å²) in [6, 6.07) is 4.07. The number of hydrogen-bond acceptors (Lipinski definition) is 3. The quantitative estimate of drug-likeness (QED) is 0.859. The molecule has 2 aromatic rings. The first-order valence-electron chi connectivity index (χ1n) is 7.55. The number of rotatable bonds is 6. The van der Waals surface area contributed by atoms with E-state index >= 15 is 0 Å². The van der Waals surface area contributed by atoms with Crippen LogP contribution in [0.15, 0.2) is 23.7 Å². The molecule has 2 amide bonds. The standard InChI is InChI=1S/C16H24N4OS/c1-11(7-8-14-6-5-9-20(14)4)18-16(21)19-13(3)15-17-12(2)10-22-15/h5-6,9-11,13H,7-8H2,1-4H3,(H2,18,19,21)/t11-,13-/m0/s1. The van der Waals surface area contributed by atoms with E-state index in [9.17, 15) is 4.79 Å². The first-order chi connectivity index (χ1) is 10.5. The Kier molecular flexibility index (Phi) is 5.60. The smallest absolute Gasteiger partial charge is 0.315 e. The van der Waals surface area contributed by atoms with Gasteiger partial charge in [0.15, 0.2) is 0 Å². The van der Waals surface area contributed by atoms with Gasteiger partial charge in [-0.25, -0.2) is 9.78 Å². The Morgan fingerprint density at radius 2 is 2.18 bits per heavy atom.